The molecule has 25 heavy (non-hydrogen) atoms. The highest BCUT2D eigenvalue weighted by Gasteiger charge is 2.28. The normalized spacial score (nSPS) is 13.6. The van der Waals surface area contributed by atoms with Crippen molar-refractivity contribution in [3.8, 4) is 5.75 Å². The molecule has 0 saturated heterocycles. The van der Waals surface area contributed by atoms with Crippen LogP contribution in [0.2, 0.25) is 0 Å². The molecule has 1 fully saturated rings. The average Bonchev–Trinajstić information content (AvgIpc) is 3.37. The Hall–Kier alpha value is -2.56. The largest absolute Gasteiger partial charge is 0.482 e. The fourth-order valence-electron chi connectivity index (χ4n) is 3.07. The Morgan fingerprint density at radius 1 is 1.12 bits per heavy atom. The third-order valence-corrected chi connectivity index (χ3v) is 4.50. The second-order valence-corrected chi connectivity index (χ2v) is 6.52. The van der Waals surface area contributed by atoms with E-state index < -0.39 is 5.97 Å². The van der Waals surface area contributed by atoms with Crippen molar-refractivity contribution in [3.05, 3.63) is 52.8 Å². The van der Waals surface area contributed by atoms with Crippen LogP contribution in [-0.2, 0) is 9.53 Å². The molecule has 1 saturated carbocycles. The van der Waals surface area contributed by atoms with Gasteiger partial charge in [0, 0.05) is 23.0 Å². The zero-order chi connectivity index (χ0) is 18.0. The first kappa shape index (κ1) is 17.3. The first-order valence-corrected chi connectivity index (χ1v) is 8.53. The van der Waals surface area contributed by atoms with E-state index in [1.807, 2.05) is 45.0 Å². The Balaban J connectivity index is 1.53. The minimum Gasteiger partial charge on any atom is -0.482 e. The van der Waals surface area contributed by atoms with E-state index in [9.17, 15) is 9.59 Å². The molecule has 0 spiro atoms. The van der Waals surface area contributed by atoms with Crippen LogP contribution in [0, 0.1) is 20.8 Å². The summed E-state index contributed by atoms with van der Waals surface area (Å²) in [5.74, 6) is -0.0874. The molecule has 1 aromatic heterocycles. The minimum absolute atomic E-state index is 0.177. The highest BCUT2D eigenvalue weighted by Crippen LogP contribution is 2.38. The summed E-state index contributed by atoms with van der Waals surface area (Å²) in [5, 5.41) is 0. The molecule has 3 rings (SSSR count). The molecule has 5 nitrogen and oxygen atoms in total. The number of carbonyl (C=O) groups is 2. The SMILES string of the molecule is Cc1ccccc1OCC(=O)OCC(=O)c1cc(C)n(C2CC2)c1C. The second-order valence-electron chi connectivity index (χ2n) is 6.52. The molecule has 0 aliphatic heterocycles. The van der Waals surface area contributed by atoms with Gasteiger partial charge in [0.05, 0.1) is 0 Å². The number of aromatic nitrogens is 1. The zero-order valence-corrected chi connectivity index (χ0v) is 14.9. The third kappa shape index (κ3) is 3.92. The molecule has 0 unspecified atom stereocenters. The number of ether oxygens (including phenoxy) is 2. The minimum atomic E-state index is -0.549. The summed E-state index contributed by atoms with van der Waals surface area (Å²) in [4.78, 5) is 24.2. The molecule has 0 atom stereocenters. The van der Waals surface area contributed by atoms with Gasteiger partial charge >= 0.3 is 5.97 Å². The predicted molar refractivity (Wildman–Crippen MR) is 94.1 cm³/mol. The Morgan fingerprint density at radius 3 is 2.52 bits per heavy atom. The monoisotopic (exact) mass is 341 g/mol. The highest BCUT2D eigenvalue weighted by molar-refractivity contribution is 5.99. The van der Waals surface area contributed by atoms with Crippen LogP contribution < -0.4 is 4.74 Å². The van der Waals surface area contributed by atoms with Crippen LogP contribution in [0.25, 0.3) is 0 Å². The highest BCUT2D eigenvalue weighted by atomic mass is 16.6. The van der Waals surface area contributed by atoms with E-state index in [-0.39, 0.29) is 19.0 Å². The number of Topliss-reactive ketones (excluding diaryl/α,β-unsaturated/α-hetero) is 1. The van der Waals surface area contributed by atoms with Crippen LogP contribution in [0.5, 0.6) is 5.75 Å². The van der Waals surface area contributed by atoms with Crippen LogP contribution in [0.15, 0.2) is 30.3 Å². The van der Waals surface area contributed by atoms with Gasteiger partial charge in [-0.1, -0.05) is 18.2 Å². The molecular formula is C20H23NO4. The van der Waals surface area contributed by atoms with Crippen molar-refractivity contribution in [3.63, 3.8) is 0 Å². The smallest absolute Gasteiger partial charge is 0.344 e. The molecule has 0 radical (unpaired) electrons. The lowest BCUT2D eigenvalue weighted by atomic mass is 10.1. The van der Waals surface area contributed by atoms with Gasteiger partial charge in [0.15, 0.2) is 13.2 Å². The first-order chi connectivity index (χ1) is 12.0. The summed E-state index contributed by atoms with van der Waals surface area (Å²) in [5.41, 5.74) is 3.62. The number of ketones is 1. The molecule has 1 heterocycles. The maximum absolute atomic E-state index is 12.4. The number of hydrogen-bond donors (Lipinski definition) is 0. The van der Waals surface area contributed by atoms with Crippen molar-refractivity contribution in [2.75, 3.05) is 13.2 Å². The van der Waals surface area contributed by atoms with Crippen molar-refractivity contribution in [2.45, 2.75) is 39.7 Å². The molecule has 1 aliphatic rings. The van der Waals surface area contributed by atoms with E-state index in [1.165, 1.54) is 0 Å². The van der Waals surface area contributed by atoms with E-state index >= 15 is 0 Å². The van der Waals surface area contributed by atoms with Crippen LogP contribution in [0.4, 0.5) is 0 Å². The number of carbonyl (C=O) groups excluding carboxylic acids is 2. The van der Waals surface area contributed by atoms with Crippen molar-refractivity contribution in [2.24, 2.45) is 0 Å². The summed E-state index contributed by atoms with van der Waals surface area (Å²) in [7, 11) is 0. The molecule has 0 amide bonds. The topological polar surface area (TPSA) is 57.5 Å². The van der Waals surface area contributed by atoms with Crippen molar-refractivity contribution >= 4 is 11.8 Å². The molecule has 0 bridgehead atoms. The molecule has 5 heteroatoms. The number of rotatable bonds is 7. The average molecular weight is 341 g/mol. The molecule has 0 N–H and O–H groups in total. The lowest BCUT2D eigenvalue weighted by Crippen LogP contribution is -2.20. The summed E-state index contributed by atoms with van der Waals surface area (Å²) in [6.45, 7) is 5.38. The number of hydrogen-bond acceptors (Lipinski definition) is 4. The number of para-hydroxylation sites is 1. The predicted octanol–water partition coefficient (Wildman–Crippen LogP) is 3.55. The van der Waals surface area contributed by atoms with Crippen LogP contribution in [0.3, 0.4) is 0 Å². The van der Waals surface area contributed by atoms with Crippen LogP contribution in [0.1, 0.15) is 46.2 Å². The van der Waals surface area contributed by atoms with E-state index in [0.29, 0.717) is 17.4 Å². The van der Waals surface area contributed by atoms with Gasteiger partial charge in [-0.05, 0) is 51.3 Å². The van der Waals surface area contributed by atoms with E-state index in [4.69, 9.17) is 9.47 Å². The quantitative estimate of drug-likeness (QED) is 0.571. The van der Waals surface area contributed by atoms with E-state index in [2.05, 4.69) is 4.57 Å². The van der Waals surface area contributed by atoms with Crippen molar-refractivity contribution < 1.29 is 19.1 Å². The lowest BCUT2D eigenvalue weighted by Gasteiger charge is -2.09. The van der Waals surface area contributed by atoms with E-state index in [0.717, 1.165) is 29.8 Å². The fraction of sp³-hybridized carbons (Fsp3) is 0.400. The number of nitrogens with zero attached hydrogens (tertiary/aromatic N) is 1. The van der Waals surface area contributed by atoms with Gasteiger partial charge in [-0.2, -0.15) is 0 Å². The standard InChI is InChI=1S/C20H23NO4/c1-13-6-4-5-7-19(13)24-12-20(23)25-11-18(22)17-10-14(2)21(15(17)3)16-8-9-16/h4-7,10,16H,8-9,11-12H2,1-3H3. The van der Waals surface area contributed by atoms with Crippen molar-refractivity contribution in [1.82, 2.24) is 4.57 Å². The Morgan fingerprint density at radius 2 is 1.84 bits per heavy atom. The van der Waals surface area contributed by atoms with Gasteiger partial charge in [-0.25, -0.2) is 4.79 Å². The van der Waals surface area contributed by atoms with Gasteiger partial charge in [-0.3, -0.25) is 4.79 Å². The van der Waals surface area contributed by atoms with Gasteiger partial charge in [0.2, 0.25) is 5.78 Å². The zero-order valence-electron chi connectivity index (χ0n) is 14.9. The van der Waals surface area contributed by atoms with Crippen molar-refractivity contribution in [1.29, 1.82) is 0 Å². The van der Waals surface area contributed by atoms with Gasteiger partial charge in [0.25, 0.3) is 0 Å². The van der Waals surface area contributed by atoms with Gasteiger partial charge in [0.1, 0.15) is 5.75 Å². The summed E-state index contributed by atoms with van der Waals surface area (Å²) < 4.78 is 12.7. The van der Waals surface area contributed by atoms with Crippen LogP contribution in [-0.4, -0.2) is 29.5 Å². The third-order valence-electron chi connectivity index (χ3n) is 4.50. The maximum Gasteiger partial charge on any atom is 0.344 e. The van der Waals surface area contributed by atoms with Gasteiger partial charge < -0.3 is 14.0 Å². The number of benzene rings is 1. The fourth-order valence-corrected chi connectivity index (χ4v) is 3.07. The molecule has 132 valence electrons. The molecule has 1 aromatic carbocycles. The Kier molecular flexibility index (Phi) is 4.93. The Labute approximate surface area is 147 Å². The number of aryl methyl sites for hydroxylation is 2. The Bertz CT molecular complexity index is 802. The summed E-state index contributed by atoms with van der Waals surface area (Å²) >= 11 is 0. The molecular weight excluding hydrogens is 318 g/mol. The van der Waals surface area contributed by atoms with Crippen LogP contribution >= 0.6 is 0 Å². The molecule has 2 aromatic rings. The maximum atomic E-state index is 12.4. The first-order valence-electron chi connectivity index (χ1n) is 8.53. The van der Waals surface area contributed by atoms with E-state index in [1.54, 1.807) is 6.07 Å². The molecule has 1 aliphatic carbocycles. The lowest BCUT2D eigenvalue weighted by molar-refractivity contribution is -0.144. The summed E-state index contributed by atoms with van der Waals surface area (Å²) in [6.07, 6.45) is 2.32. The summed E-state index contributed by atoms with van der Waals surface area (Å²) in [6, 6.07) is 9.84. The second kappa shape index (κ2) is 7.13. The number of esters is 1. The van der Waals surface area contributed by atoms with Gasteiger partial charge in [-0.15, -0.1) is 0 Å².